The van der Waals surface area contributed by atoms with Crippen LogP contribution in [0.3, 0.4) is 0 Å². The van der Waals surface area contributed by atoms with Gasteiger partial charge in [0.15, 0.2) is 5.82 Å². The zero-order valence-electron chi connectivity index (χ0n) is 11.9. The SMILES string of the molecule is CC1=CC#CCC(C)=C1n1cnnc1-c1ccc(F)cc1. The van der Waals surface area contributed by atoms with Gasteiger partial charge in [0.2, 0.25) is 0 Å². The normalized spacial score (nSPS) is 14.3. The van der Waals surface area contributed by atoms with Crippen LogP contribution in [0.15, 0.2) is 47.8 Å². The van der Waals surface area contributed by atoms with E-state index in [-0.39, 0.29) is 5.82 Å². The Morgan fingerprint density at radius 1 is 1.19 bits per heavy atom. The van der Waals surface area contributed by atoms with E-state index >= 15 is 0 Å². The van der Waals surface area contributed by atoms with E-state index in [9.17, 15) is 4.39 Å². The van der Waals surface area contributed by atoms with E-state index in [1.54, 1.807) is 18.5 Å². The molecule has 0 N–H and O–H groups in total. The highest BCUT2D eigenvalue weighted by Gasteiger charge is 2.15. The first kappa shape index (κ1) is 13.3. The van der Waals surface area contributed by atoms with Crippen LogP contribution in [0.1, 0.15) is 20.3 Å². The fourth-order valence-electron chi connectivity index (χ4n) is 2.42. The second-order valence-corrected chi connectivity index (χ2v) is 4.99. The molecular formula is C17H14FN3. The van der Waals surface area contributed by atoms with E-state index in [1.807, 2.05) is 17.6 Å². The van der Waals surface area contributed by atoms with Crippen molar-refractivity contribution in [3.63, 3.8) is 0 Å². The van der Waals surface area contributed by atoms with Gasteiger partial charge in [-0.05, 0) is 55.3 Å². The Morgan fingerprint density at radius 3 is 2.71 bits per heavy atom. The molecule has 0 unspecified atom stereocenters. The van der Waals surface area contributed by atoms with Crippen molar-refractivity contribution in [2.24, 2.45) is 0 Å². The van der Waals surface area contributed by atoms with Crippen molar-refractivity contribution in [1.82, 2.24) is 14.8 Å². The fourth-order valence-corrected chi connectivity index (χ4v) is 2.42. The molecular weight excluding hydrogens is 265 g/mol. The van der Waals surface area contributed by atoms with Crippen LogP contribution in [-0.2, 0) is 0 Å². The summed E-state index contributed by atoms with van der Waals surface area (Å²) in [6.07, 6.45) is 4.30. The molecule has 1 heterocycles. The molecule has 4 heteroatoms. The minimum Gasteiger partial charge on any atom is -0.281 e. The highest BCUT2D eigenvalue weighted by atomic mass is 19.1. The van der Waals surface area contributed by atoms with Gasteiger partial charge in [0.05, 0.1) is 5.70 Å². The summed E-state index contributed by atoms with van der Waals surface area (Å²) in [6.45, 7) is 4.08. The second-order valence-electron chi connectivity index (χ2n) is 4.99. The third-order valence-electron chi connectivity index (χ3n) is 3.41. The molecule has 1 aromatic heterocycles. The van der Waals surface area contributed by atoms with E-state index in [1.165, 1.54) is 12.1 Å². The molecule has 0 amide bonds. The van der Waals surface area contributed by atoms with Gasteiger partial charge in [-0.1, -0.05) is 11.8 Å². The molecule has 0 atom stereocenters. The molecule has 0 aliphatic heterocycles. The summed E-state index contributed by atoms with van der Waals surface area (Å²) in [5.74, 6) is 6.56. The van der Waals surface area contributed by atoms with E-state index in [4.69, 9.17) is 0 Å². The maximum atomic E-state index is 13.1. The molecule has 3 rings (SSSR count). The Morgan fingerprint density at radius 2 is 1.95 bits per heavy atom. The summed E-state index contributed by atoms with van der Waals surface area (Å²) in [4.78, 5) is 0. The Kier molecular flexibility index (Phi) is 3.41. The van der Waals surface area contributed by atoms with Crippen molar-refractivity contribution in [2.45, 2.75) is 20.3 Å². The van der Waals surface area contributed by atoms with Crippen molar-refractivity contribution < 1.29 is 4.39 Å². The fraction of sp³-hybridized carbons (Fsp3) is 0.176. The van der Waals surface area contributed by atoms with Crippen molar-refractivity contribution in [3.05, 3.63) is 53.6 Å². The lowest BCUT2D eigenvalue weighted by atomic mass is 10.1. The average molecular weight is 279 g/mol. The summed E-state index contributed by atoms with van der Waals surface area (Å²) >= 11 is 0. The maximum absolute atomic E-state index is 13.1. The van der Waals surface area contributed by atoms with Crippen molar-refractivity contribution in [3.8, 4) is 23.2 Å². The molecule has 2 aromatic rings. The predicted octanol–water partition coefficient (Wildman–Crippen LogP) is 3.67. The zero-order chi connectivity index (χ0) is 14.8. The van der Waals surface area contributed by atoms with Gasteiger partial charge < -0.3 is 0 Å². The van der Waals surface area contributed by atoms with Crippen LogP contribution in [0.2, 0.25) is 0 Å². The van der Waals surface area contributed by atoms with Crippen LogP contribution in [-0.4, -0.2) is 14.8 Å². The molecule has 21 heavy (non-hydrogen) atoms. The minimum atomic E-state index is -0.265. The van der Waals surface area contributed by atoms with Gasteiger partial charge in [0, 0.05) is 12.0 Å². The lowest BCUT2D eigenvalue weighted by Crippen LogP contribution is -2.02. The standard InChI is InChI=1S/C17H14FN3/c1-12-5-3-4-6-13(2)16(12)21-11-19-20-17(21)14-7-9-15(18)10-8-14/h5,7-11H,6H2,1-2H3. The Balaban J connectivity index is 2.13. The van der Waals surface area contributed by atoms with Crippen LogP contribution < -0.4 is 0 Å². The Labute approximate surface area is 122 Å². The summed E-state index contributed by atoms with van der Waals surface area (Å²) in [7, 11) is 0. The first-order chi connectivity index (χ1) is 10.2. The molecule has 0 spiro atoms. The summed E-state index contributed by atoms with van der Waals surface area (Å²) in [5.41, 5.74) is 4.10. The number of aromatic nitrogens is 3. The van der Waals surface area contributed by atoms with Gasteiger partial charge in [-0.15, -0.1) is 10.2 Å². The number of rotatable bonds is 2. The molecule has 1 aromatic carbocycles. The van der Waals surface area contributed by atoms with Crippen LogP contribution in [0, 0.1) is 17.7 Å². The molecule has 1 aliphatic carbocycles. The third-order valence-corrected chi connectivity index (χ3v) is 3.41. The summed E-state index contributed by atoms with van der Waals surface area (Å²) in [5, 5.41) is 8.19. The summed E-state index contributed by atoms with van der Waals surface area (Å²) in [6, 6.07) is 6.26. The number of benzene rings is 1. The number of halogens is 1. The van der Waals surface area contributed by atoms with Crippen molar-refractivity contribution in [2.75, 3.05) is 0 Å². The predicted molar refractivity (Wildman–Crippen MR) is 80.5 cm³/mol. The lowest BCUT2D eigenvalue weighted by molar-refractivity contribution is 0.628. The number of nitrogens with zero attached hydrogens (tertiary/aromatic N) is 3. The Bertz CT molecular complexity index is 799. The number of allylic oxidation sites excluding steroid dienone is 4. The van der Waals surface area contributed by atoms with Gasteiger partial charge in [0.25, 0.3) is 0 Å². The first-order valence-corrected chi connectivity index (χ1v) is 6.68. The molecule has 0 saturated heterocycles. The zero-order valence-corrected chi connectivity index (χ0v) is 11.9. The maximum Gasteiger partial charge on any atom is 0.168 e. The molecule has 0 radical (unpaired) electrons. The highest BCUT2D eigenvalue weighted by molar-refractivity contribution is 5.73. The van der Waals surface area contributed by atoms with Crippen LogP contribution >= 0.6 is 0 Å². The third kappa shape index (κ3) is 2.50. The molecule has 104 valence electrons. The van der Waals surface area contributed by atoms with Gasteiger partial charge >= 0.3 is 0 Å². The highest BCUT2D eigenvalue weighted by Crippen LogP contribution is 2.28. The molecule has 1 aliphatic rings. The summed E-state index contributed by atoms with van der Waals surface area (Å²) < 4.78 is 15.0. The van der Waals surface area contributed by atoms with Crippen LogP contribution in [0.25, 0.3) is 17.1 Å². The first-order valence-electron chi connectivity index (χ1n) is 6.68. The van der Waals surface area contributed by atoms with Crippen LogP contribution in [0.5, 0.6) is 0 Å². The molecule has 0 saturated carbocycles. The second kappa shape index (κ2) is 5.37. The molecule has 3 nitrogen and oxygen atoms in total. The number of hydrogen-bond donors (Lipinski definition) is 0. The topological polar surface area (TPSA) is 30.7 Å². The van der Waals surface area contributed by atoms with Crippen molar-refractivity contribution >= 4 is 5.70 Å². The number of hydrogen-bond acceptors (Lipinski definition) is 2. The van der Waals surface area contributed by atoms with Crippen molar-refractivity contribution in [1.29, 1.82) is 0 Å². The van der Waals surface area contributed by atoms with Gasteiger partial charge in [-0.2, -0.15) is 0 Å². The van der Waals surface area contributed by atoms with E-state index in [2.05, 4.69) is 29.0 Å². The smallest absolute Gasteiger partial charge is 0.168 e. The Hall–Kier alpha value is -2.67. The minimum absolute atomic E-state index is 0.265. The average Bonchev–Trinajstić information content (AvgIpc) is 2.87. The van der Waals surface area contributed by atoms with Gasteiger partial charge in [0.1, 0.15) is 12.1 Å². The quantitative estimate of drug-likeness (QED) is 0.785. The van der Waals surface area contributed by atoms with Gasteiger partial charge in [-0.25, -0.2) is 4.39 Å². The molecule has 0 fully saturated rings. The van der Waals surface area contributed by atoms with E-state index < -0.39 is 0 Å². The van der Waals surface area contributed by atoms with Gasteiger partial charge in [-0.3, -0.25) is 4.57 Å². The van der Waals surface area contributed by atoms with E-state index in [0.717, 1.165) is 22.4 Å². The largest absolute Gasteiger partial charge is 0.281 e. The monoisotopic (exact) mass is 279 g/mol. The van der Waals surface area contributed by atoms with Crippen LogP contribution in [0.4, 0.5) is 4.39 Å². The lowest BCUT2D eigenvalue weighted by Gasteiger charge is -2.14. The molecule has 0 bridgehead atoms. The van der Waals surface area contributed by atoms with E-state index in [0.29, 0.717) is 12.2 Å².